The number of benzene rings is 1. The van der Waals surface area contributed by atoms with Gasteiger partial charge in [0.05, 0.1) is 5.75 Å². The maximum atomic E-state index is 11.4. The summed E-state index contributed by atoms with van der Waals surface area (Å²) < 4.78 is 22.7. The highest BCUT2D eigenvalue weighted by molar-refractivity contribution is 7.92. The van der Waals surface area contributed by atoms with E-state index >= 15 is 0 Å². The molecule has 1 rings (SSSR count). The van der Waals surface area contributed by atoms with Crippen LogP contribution in [0.4, 0.5) is 0 Å². The second kappa shape index (κ2) is 6.94. The summed E-state index contributed by atoms with van der Waals surface area (Å²) in [7, 11) is -3.39. The van der Waals surface area contributed by atoms with Gasteiger partial charge >= 0.3 is 0 Å². The Kier molecular flexibility index (Phi) is 5.57. The highest BCUT2D eigenvalue weighted by Crippen LogP contribution is 2.09. The average molecular weight is 283 g/mol. The van der Waals surface area contributed by atoms with Crippen molar-refractivity contribution in [1.29, 1.82) is 0 Å². The van der Waals surface area contributed by atoms with Gasteiger partial charge in [-0.2, -0.15) is 0 Å². The molecular weight excluding hydrogens is 266 g/mol. The number of aromatic hydroxyl groups is 1. The van der Waals surface area contributed by atoms with Crippen LogP contribution in [0.15, 0.2) is 36.9 Å². The van der Waals surface area contributed by atoms with Crippen LogP contribution in [-0.2, 0) is 21.1 Å². The predicted octanol–water partition coefficient (Wildman–Crippen LogP) is 0.652. The summed E-state index contributed by atoms with van der Waals surface area (Å²) in [4.78, 5) is 11.4. The predicted molar refractivity (Wildman–Crippen MR) is 73.7 cm³/mol. The molecule has 0 bridgehead atoms. The molecule has 0 aliphatic heterocycles. The van der Waals surface area contributed by atoms with E-state index in [1.807, 2.05) is 0 Å². The van der Waals surface area contributed by atoms with Gasteiger partial charge in [-0.3, -0.25) is 4.79 Å². The minimum absolute atomic E-state index is 0.184. The monoisotopic (exact) mass is 283 g/mol. The minimum Gasteiger partial charge on any atom is -0.508 e. The average Bonchev–Trinajstić information content (AvgIpc) is 2.30. The van der Waals surface area contributed by atoms with Gasteiger partial charge in [-0.15, -0.1) is 6.58 Å². The zero-order valence-electron chi connectivity index (χ0n) is 10.5. The molecule has 0 unspecified atom stereocenters. The first-order valence-corrected chi connectivity index (χ1v) is 7.61. The molecule has 1 amide bonds. The van der Waals surface area contributed by atoms with Gasteiger partial charge in [0.15, 0.2) is 9.84 Å². The van der Waals surface area contributed by atoms with E-state index < -0.39 is 21.5 Å². The fourth-order valence-electron chi connectivity index (χ4n) is 1.50. The van der Waals surface area contributed by atoms with E-state index in [9.17, 15) is 13.2 Å². The van der Waals surface area contributed by atoms with Crippen LogP contribution in [0.5, 0.6) is 5.75 Å². The van der Waals surface area contributed by atoms with E-state index in [-0.39, 0.29) is 11.5 Å². The SMILES string of the molecule is C=CCS(=O)(=O)CC(=O)NCCc1ccc(O)cc1. The number of hydrogen-bond donors (Lipinski definition) is 2. The Labute approximate surface area is 112 Å². The van der Waals surface area contributed by atoms with Gasteiger partial charge in [-0.05, 0) is 24.1 Å². The number of nitrogens with one attached hydrogen (secondary N) is 1. The highest BCUT2D eigenvalue weighted by Gasteiger charge is 2.14. The van der Waals surface area contributed by atoms with Crippen LogP contribution in [0.1, 0.15) is 5.56 Å². The van der Waals surface area contributed by atoms with E-state index in [1.54, 1.807) is 24.3 Å². The van der Waals surface area contributed by atoms with Crippen molar-refractivity contribution in [2.45, 2.75) is 6.42 Å². The lowest BCUT2D eigenvalue weighted by atomic mass is 10.1. The van der Waals surface area contributed by atoms with Crippen molar-refractivity contribution in [3.63, 3.8) is 0 Å². The number of sulfone groups is 1. The van der Waals surface area contributed by atoms with Crippen molar-refractivity contribution in [2.75, 3.05) is 18.1 Å². The van der Waals surface area contributed by atoms with Crippen molar-refractivity contribution in [1.82, 2.24) is 5.32 Å². The van der Waals surface area contributed by atoms with Crippen LogP contribution in [0.3, 0.4) is 0 Å². The van der Waals surface area contributed by atoms with Crippen LogP contribution < -0.4 is 5.32 Å². The summed E-state index contributed by atoms with van der Waals surface area (Å²) in [5.41, 5.74) is 0.951. The lowest BCUT2D eigenvalue weighted by molar-refractivity contribution is -0.118. The van der Waals surface area contributed by atoms with Crippen LogP contribution in [-0.4, -0.2) is 37.5 Å². The van der Waals surface area contributed by atoms with Crippen molar-refractivity contribution >= 4 is 15.7 Å². The molecule has 0 aromatic heterocycles. The normalized spacial score (nSPS) is 10.9. The molecule has 19 heavy (non-hydrogen) atoms. The van der Waals surface area contributed by atoms with Crippen LogP contribution in [0, 0.1) is 0 Å². The van der Waals surface area contributed by atoms with Crippen molar-refractivity contribution in [3.8, 4) is 5.75 Å². The Hall–Kier alpha value is -1.82. The third-order valence-corrected chi connectivity index (χ3v) is 3.84. The maximum absolute atomic E-state index is 11.4. The number of amides is 1. The molecule has 0 aliphatic carbocycles. The Morgan fingerprint density at radius 3 is 2.53 bits per heavy atom. The summed E-state index contributed by atoms with van der Waals surface area (Å²) in [6.07, 6.45) is 1.84. The molecule has 0 saturated carbocycles. The summed E-state index contributed by atoms with van der Waals surface area (Å²) in [6, 6.07) is 6.61. The van der Waals surface area contributed by atoms with Crippen molar-refractivity contribution in [2.24, 2.45) is 0 Å². The molecule has 1 aromatic rings. The fourth-order valence-corrected chi connectivity index (χ4v) is 2.48. The summed E-state index contributed by atoms with van der Waals surface area (Å²) in [6.45, 7) is 3.69. The van der Waals surface area contributed by atoms with E-state index in [1.165, 1.54) is 6.08 Å². The molecule has 0 fully saturated rings. The molecule has 0 spiro atoms. The summed E-state index contributed by atoms with van der Waals surface area (Å²) in [5.74, 6) is -1.04. The zero-order chi connectivity index (χ0) is 14.3. The number of rotatable bonds is 7. The van der Waals surface area contributed by atoms with E-state index in [2.05, 4.69) is 11.9 Å². The van der Waals surface area contributed by atoms with Crippen LogP contribution in [0.2, 0.25) is 0 Å². The summed E-state index contributed by atoms with van der Waals surface area (Å²) in [5, 5.41) is 11.6. The third-order valence-electron chi connectivity index (χ3n) is 2.39. The van der Waals surface area contributed by atoms with Crippen molar-refractivity contribution < 1.29 is 18.3 Å². The third kappa shape index (κ3) is 6.05. The Balaban J connectivity index is 2.35. The van der Waals surface area contributed by atoms with Gasteiger partial charge < -0.3 is 10.4 Å². The Morgan fingerprint density at radius 1 is 1.32 bits per heavy atom. The molecular formula is C13H17NO4S. The summed E-state index contributed by atoms with van der Waals surface area (Å²) >= 11 is 0. The zero-order valence-corrected chi connectivity index (χ0v) is 11.3. The van der Waals surface area contributed by atoms with Gasteiger partial charge in [0, 0.05) is 6.54 Å². The Morgan fingerprint density at radius 2 is 1.95 bits per heavy atom. The van der Waals surface area contributed by atoms with Gasteiger partial charge in [0.1, 0.15) is 11.5 Å². The molecule has 0 saturated heterocycles. The lowest BCUT2D eigenvalue weighted by Crippen LogP contribution is -2.32. The highest BCUT2D eigenvalue weighted by atomic mass is 32.2. The largest absolute Gasteiger partial charge is 0.508 e. The number of carbonyl (C=O) groups is 1. The second-order valence-electron chi connectivity index (χ2n) is 4.11. The molecule has 2 N–H and O–H groups in total. The first-order chi connectivity index (χ1) is 8.93. The maximum Gasteiger partial charge on any atom is 0.235 e. The van der Waals surface area contributed by atoms with Crippen molar-refractivity contribution in [3.05, 3.63) is 42.5 Å². The molecule has 6 heteroatoms. The smallest absolute Gasteiger partial charge is 0.235 e. The quantitative estimate of drug-likeness (QED) is 0.720. The second-order valence-corrected chi connectivity index (χ2v) is 6.22. The van der Waals surface area contributed by atoms with Crippen LogP contribution >= 0.6 is 0 Å². The molecule has 5 nitrogen and oxygen atoms in total. The number of carbonyl (C=O) groups excluding carboxylic acids is 1. The minimum atomic E-state index is -3.39. The molecule has 104 valence electrons. The van der Waals surface area contributed by atoms with Crippen LogP contribution in [0.25, 0.3) is 0 Å². The Bertz CT molecular complexity index is 534. The first kappa shape index (κ1) is 15.2. The van der Waals surface area contributed by atoms with Gasteiger partial charge in [0.2, 0.25) is 5.91 Å². The van der Waals surface area contributed by atoms with Gasteiger partial charge in [0.25, 0.3) is 0 Å². The fraction of sp³-hybridized carbons (Fsp3) is 0.308. The van der Waals surface area contributed by atoms with E-state index in [0.717, 1.165) is 5.56 Å². The number of phenolic OH excluding ortho intramolecular Hbond substituents is 1. The van der Waals surface area contributed by atoms with E-state index in [0.29, 0.717) is 13.0 Å². The molecule has 1 aromatic carbocycles. The number of hydrogen-bond acceptors (Lipinski definition) is 4. The van der Waals surface area contributed by atoms with Gasteiger partial charge in [-0.25, -0.2) is 8.42 Å². The molecule has 0 aliphatic rings. The molecule has 0 atom stereocenters. The number of phenols is 1. The molecule has 0 radical (unpaired) electrons. The first-order valence-electron chi connectivity index (χ1n) is 5.79. The lowest BCUT2D eigenvalue weighted by Gasteiger charge is -2.05. The van der Waals surface area contributed by atoms with Gasteiger partial charge in [-0.1, -0.05) is 18.2 Å². The topological polar surface area (TPSA) is 83.5 Å². The standard InChI is InChI=1S/C13H17NO4S/c1-2-9-19(17,18)10-13(16)14-8-7-11-3-5-12(15)6-4-11/h2-6,15H,1,7-10H2,(H,14,16). The molecule has 0 heterocycles. The van der Waals surface area contributed by atoms with E-state index in [4.69, 9.17) is 5.11 Å².